The molecule has 0 aromatic heterocycles. The number of nitrogens with one attached hydrogen (secondary N) is 1. The highest BCUT2D eigenvalue weighted by atomic mass is 16.1. The Hall–Kier alpha value is -2.84. The number of nitrogens with zero attached hydrogens (tertiary/aromatic N) is 3. The number of hydrogen-bond acceptors (Lipinski definition) is 4. The molecule has 0 atom stereocenters. The van der Waals surface area contributed by atoms with E-state index in [1.165, 1.54) is 16.8 Å². The van der Waals surface area contributed by atoms with E-state index in [9.17, 15) is 4.79 Å². The molecule has 0 saturated carbocycles. The molecular formula is C21H22N4O. The summed E-state index contributed by atoms with van der Waals surface area (Å²) >= 11 is 0. The highest BCUT2D eigenvalue weighted by Gasteiger charge is 2.23. The number of benzene rings is 2. The minimum Gasteiger partial charge on any atom is -0.369 e. The lowest BCUT2D eigenvalue weighted by Crippen LogP contribution is -2.46. The molecule has 2 aromatic rings. The van der Waals surface area contributed by atoms with E-state index in [4.69, 9.17) is 5.26 Å². The average molecular weight is 346 g/mol. The molecule has 2 aromatic carbocycles. The summed E-state index contributed by atoms with van der Waals surface area (Å²) < 4.78 is 0. The van der Waals surface area contributed by atoms with Gasteiger partial charge >= 0.3 is 0 Å². The van der Waals surface area contributed by atoms with Gasteiger partial charge in [0.1, 0.15) is 0 Å². The van der Waals surface area contributed by atoms with Crippen LogP contribution in [0, 0.1) is 11.3 Å². The predicted octanol–water partition coefficient (Wildman–Crippen LogP) is 2.77. The summed E-state index contributed by atoms with van der Waals surface area (Å²) in [6.07, 6.45) is 1.39. The first-order valence-electron chi connectivity index (χ1n) is 9.11. The van der Waals surface area contributed by atoms with Crippen LogP contribution in [0.5, 0.6) is 0 Å². The van der Waals surface area contributed by atoms with Crippen molar-refractivity contribution in [3.63, 3.8) is 0 Å². The Morgan fingerprint density at radius 1 is 1.00 bits per heavy atom. The van der Waals surface area contributed by atoms with Crippen LogP contribution in [0.3, 0.4) is 0 Å². The molecule has 2 aliphatic rings. The van der Waals surface area contributed by atoms with Crippen molar-refractivity contribution < 1.29 is 4.79 Å². The molecule has 1 saturated heterocycles. The molecule has 132 valence electrons. The number of hydrogen-bond donors (Lipinski definition) is 1. The fourth-order valence-corrected chi connectivity index (χ4v) is 3.79. The van der Waals surface area contributed by atoms with Crippen molar-refractivity contribution in [2.24, 2.45) is 0 Å². The second kappa shape index (κ2) is 7.19. The molecule has 1 amide bonds. The zero-order chi connectivity index (χ0) is 17.9. The third-order valence-corrected chi connectivity index (χ3v) is 5.23. The Bertz CT molecular complexity index is 845. The number of amides is 1. The summed E-state index contributed by atoms with van der Waals surface area (Å²) in [5.41, 5.74) is 5.46. The number of carbonyl (C=O) groups is 1. The van der Waals surface area contributed by atoms with Crippen LogP contribution in [0.15, 0.2) is 42.5 Å². The maximum Gasteiger partial charge on any atom is 0.224 e. The van der Waals surface area contributed by atoms with Crippen LogP contribution >= 0.6 is 0 Å². The number of carbonyl (C=O) groups excluding carboxylic acids is 1. The molecule has 2 heterocycles. The van der Waals surface area contributed by atoms with E-state index in [1.807, 2.05) is 36.4 Å². The van der Waals surface area contributed by atoms with Crippen LogP contribution in [-0.2, 0) is 17.8 Å². The van der Waals surface area contributed by atoms with E-state index in [0.29, 0.717) is 12.0 Å². The van der Waals surface area contributed by atoms with Crippen molar-refractivity contribution in [2.75, 3.05) is 36.4 Å². The minimum atomic E-state index is 0.113. The van der Waals surface area contributed by atoms with E-state index in [1.54, 1.807) is 0 Å². The van der Waals surface area contributed by atoms with E-state index >= 15 is 0 Å². The van der Waals surface area contributed by atoms with Crippen LogP contribution in [0.4, 0.5) is 11.4 Å². The van der Waals surface area contributed by atoms with Crippen molar-refractivity contribution in [1.82, 2.24) is 4.90 Å². The Labute approximate surface area is 153 Å². The van der Waals surface area contributed by atoms with E-state index in [2.05, 4.69) is 27.3 Å². The molecule has 2 aliphatic heterocycles. The number of rotatable bonds is 3. The zero-order valence-corrected chi connectivity index (χ0v) is 14.7. The largest absolute Gasteiger partial charge is 0.369 e. The van der Waals surface area contributed by atoms with Gasteiger partial charge in [0.05, 0.1) is 11.6 Å². The number of piperazine rings is 1. The lowest BCUT2D eigenvalue weighted by molar-refractivity contribution is -0.116. The molecule has 26 heavy (non-hydrogen) atoms. The summed E-state index contributed by atoms with van der Waals surface area (Å²) in [7, 11) is 0. The lowest BCUT2D eigenvalue weighted by atomic mass is 10.00. The Morgan fingerprint density at radius 3 is 2.50 bits per heavy atom. The van der Waals surface area contributed by atoms with Crippen molar-refractivity contribution in [3.8, 4) is 6.07 Å². The van der Waals surface area contributed by atoms with Crippen molar-refractivity contribution in [1.29, 1.82) is 5.26 Å². The number of nitriles is 1. The Morgan fingerprint density at radius 2 is 1.77 bits per heavy atom. The van der Waals surface area contributed by atoms with Gasteiger partial charge in [-0.3, -0.25) is 9.69 Å². The van der Waals surface area contributed by atoms with Gasteiger partial charge in [0.25, 0.3) is 0 Å². The van der Waals surface area contributed by atoms with Gasteiger partial charge in [-0.2, -0.15) is 5.26 Å². The summed E-state index contributed by atoms with van der Waals surface area (Å²) in [6, 6.07) is 16.2. The second-order valence-electron chi connectivity index (χ2n) is 6.92. The predicted molar refractivity (Wildman–Crippen MR) is 102 cm³/mol. The molecule has 4 rings (SSSR count). The first kappa shape index (κ1) is 16.6. The number of fused-ring (bicyclic) bond motifs is 1. The third kappa shape index (κ3) is 3.42. The van der Waals surface area contributed by atoms with Gasteiger partial charge in [-0.05, 0) is 41.8 Å². The molecule has 0 aliphatic carbocycles. The molecule has 5 heteroatoms. The fourth-order valence-electron chi connectivity index (χ4n) is 3.79. The van der Waals surface area contributed by atoms with Crippen LogP contribution in [0.25, 0.3) is 0 Å². The molecule has 5 nitrogen and oxygen atoms in total. The van der Waals surface area contributed by atoms with Crippen LogP contribution in [0.1, 0.15) is 23.1 Å². The molecule has 0 unspecified atom stereocenters. The van der Waals surface area contributed by atoms with Gasteiger partial charge in [-0.15, -0.1) is 0 Å². The SMILES string of the molecule is N#Cc1ccc(CN2CCN(c3cccc4c3CCC(=O)N4)CC2)cc1. The minimum absolute atomic E-state index is 0.113. The molecule has 1 fully saturated rings. The van der Waals surface area contributed by atoms with Crippen molar-refractivity contribution in [2.45, 2.75) is 19.4 Å². The monoisotopic (exact) mass is 346 g/mol. The lowest BCUT2D eigenvalue weighted by Gasteiger charge is -2.37. The zero-order valence-electron chi connectivity index (χ0n) is 14.7. The highest BCUT2D eigenvalue weighted by Crippen LogP contribution is 2.32. The van der Waals surface area contributed by atoms with Crippen molar-refractivity contribution >= 4 is 17.3 Å². The van der Waals surface area contributed by atoms with Gasteiger partial charge in [0.2, 0.25) is 5.91 Å². The standard InChI is InChI=1S/C21H22N4O/c22-14-16-4-6-17(7-5-16)15-24-10-12-25(13-11-24)20-3-1-2-19-18(20)8-9-21(26)23-19/h1-7H,8-13,15H2,(H,23,26). The molecular weight excluding hydrogens is 324 g/mol. The third-order valence-electron chi connectivity index (χ3n) is 5.23. The first-order valence-corrected chi connectivity index (χ1v) is 9.11. The van der Waals surface area contributed by atoms with Crippen LogP contribution < -0.4 is 10.2 Å². The Balaban J connectivity index is 1.40. The topological polar surface area (TPSA) is 59.4 Å². The van der Waals surface area contributed by atoms with Crippen LogP contribution in [0.2, 0.25) is 0 Å². The summed E-state index contributed by atoms with van der Waals surface area (Å²) in [5.74, 6) is 0.113. The Kier molecular flexibility index (Phi) is 4.59. The van der Waals surface area contributed by atoms with Crippen LogP contribution in [-0.4, -0.2) is 37.0 Å². The molecule has 0 spiro atoms. The quantitative estimate of drug-likeness (QED) is 0.928. The van der Waals surface area contributed by atoms with E-state index in [-0.39, 0.29) is 5.91 Å². The summed E-state index contributed by atoms with van der Waals surface area (Å²) in [4.78, 5) is 16.5. The van der Waals surface area contributed by atoms with E-state index < -0.39 is 0 Å². The maximum absolute atomic E-state index is 11.6. The summed E-state index contributed by atoms with van der Waals surface area (Å²) in [5, 5.41) is 11.9. The van der Waals surface area contributed by atoms with Gasteiger partial charge < -0.3 is 10.2 Å². The van der Waals surface area contributed by atoms with Crippen molar-refractivity contribution in [3.05, 3.63) is 59.2 Å². The molecule has 0 radical (unpaired) electrons. The van der Waals surface area contributed by atoms with Gasteiger partial charge in [-0.25, -0.2) is 0 Å². The second-order valence-corrected chi connectivity index (χ2v) is 6.92. The fraction of sp³-hybridized carbons (Fsp3) is 0.333. The highest BCUT2D eigenvalue weighted by molar-refractivity contribution is 5.95. The first-order chi connectivity index (χ1) is 12.7. The maximum atomic E-state index is 11.6. The smallest absolute Gasteiger partial charge is 0.224 e. The van der Waals surface area contributed by atoms with Gasteiger partial charge in [0.15, 0.2) is 0 Å². The van der Waals surface area contributed by atoms with Gasteiger partial charge in [0, 0.05) is 50.5 Å². The van der Waals surface area contributed by atoms with Gasteiger partial charge in [-0.1, -0.05) is 18.2 Å². The normalized spacial score (nSPS) is 17.3. The molecule has 1 N–H and O–H groups in total. The summed E-state index contributed by atoms with van der Waals surface area (Å²) in [6.45, 7) is 4.91. The number of anilines is 2. The molecule has 0 bridgehead atoms. The average Bonchev–Trinajstić information content (AvgIpc) is 2.68. The van der Waals surface area contributed by atoms with E-state index in [0.717, 1.165) is 44.8 Å².